The predicted molar refractivity (Wildman–Crippen MR) is 125 cm³/mol. The molecule has 5 heteroatoms. The summed E-state index contributed by atoms with van der Waals surface area (Å²) in [6.07, 6.45) is 1.93. The van der Waals surface area contributed by atoms with E-state index in [2.05, 4.69) is 74.4 Å². The molecule has 1 aliphatic carbocycles. The largest absolute Gasteiger partial charge is 0.496 e. The fourth-order valence-corrected chi connectivity index (χ4v) is 5.08. The van der Waals surface area contributed by atoms with Gasteiger partial charge < -0.3 is 4.74 Å². The van der Waals surface area contributed by atoms with Gasteiger partial charge >= 0.3 is 0 Å². The second-order valence-electron chi connectivity index (χ2n) is 7.71. The summed E-state index contributed by atoms with van der Waals surface area (Å²) in [6, 6.07) is 24.0. The third-order valence-corrected chi connectivity index (χ3v) is 6.62. The Morgan fingerprint density at radius 3 is 2.13 bits per heavy atom. The lowest BCUT2D eigenvalue weighted by Crippen LogP contribution is -2.45. The van der Waals surface area contributed by atoms with Gasteiger partial charge in [0.2, 0.25) is 0 Å². The number of ether oxygens (including phenoxy) is 1. The van der Waals surface area contributed by atoms with Crippen LogP contribution < -0.4 is 4.74 Å². The molecule has 0 atom stereocenters. The van der Waals surface area contributed by atoms with Gasteiger partial charge in [-0.1, -0.05) is 48.5 Å². The summed E-state index contributed by atoms with van der Waals surface area (Å²) in [7, 11) is 1.68. The Kier molecular flexibility index (Phi) is 5.32. The second-order valence-corrected chi connectivity index (χ2v) is 8.56. The van der Waals surface area contributed by atoms with Crippen molar-refractivity contribution in [1.82, 2.24) is 9.91 Å². The van der Waals surface area contributed by atoms with Gasteiger partial charge in [-0.2, -0.15) is 5.10 Å². The van der Waals surface area contributed by atoms with E-state index < -0.39 is 0 Å². The molecule has 0 N–H and O–H groups in total. The maximum atomic E-state index is 5.30. The molecule has 1 aliphatic heterocycles. The van der Waals surface area contributed by atoms with Crippen LogP contribution in [0.15, 0.2) is 76.3 Å². The molecular weight excluding hydrogens is 438 g/mol. The minimum atomic E-state index is 0.348. The molecule has 0 aromatic heterocycles. The lowest BCUT2D eigenvalue weighted by molar-refractivity contribution is 0.114. The maximum Gasteiger partial charge on any atom is 0.133 e. The van der Waals surface area contributed by atoms with E-state index in [1.54, 1.807) is 7.11 Å². The van der Waals surface area contributed by atoms with E-state index in [9.17, 15) is 0 Å². The molecule has 30 heavy (non-hydrogen) atoms. The first-order valence-electron chi connectivity index (χ1n) is 10.3. The van der Waals surface area contributed by atoms with Crippen molar-refractivity contribution in [3.63, 3.8) is 0 Å². The number of piperazine rings is 1. The fourth-order valence-electron chi connectivity index (χ4n) is 4.52. The molecule has 5 rings (SSSR count). The van der Waals surface area contributed by atoms with Crippen LogP contribution in [0.2, 0.25) is 0 Å². The first-order chi connectivity index (χ1) is 14.7. The van der Waals surface area contributed by atoms with E-state index in [0.717, 1.165) is 42.0 Å². The van der Waals surface area contributed by atoms with Crippen molar-refractivity contribution in [2.75, 3.05) is 33.3 Å². The number of halogens is 1. The summed E-state index contributed by atoms with van der Waals surface area (Å²) in [4.78, 5) is 2.60. The van der Waals surface area contributed by atoms with E-state index in [0.29, 0.717) is 6.04 Å². The fraction of sp³-hybridized carbons (Fsp3) is 0.240. The molecular formula is C25H24BrN3O. The summed E-state index contributed by atoms with van der Waals surface area (Å²) in [6.45, 7) is 3.84. The Labute approximate surface area is 185 Å². The van der Waals surface area contributed by atoms with Crippen molar-refractivity contribution in [2.24, 2.45) is 5.10 Å². The first-order valence-corrected chi connectivity index (χ1v) is 11.1. The highest BCUT2D eigenvalue weighted by atomic mass is 79.9. The number of methoxy groups -OCH3 is 1. The average Bonchev–Trinajstić information content (AvgIpc) is 3.13. The van der Waals surface area contributed by atoms with E-state index >= 15 is 0 Å². The topological polar surface area (TPSA) is 28.1 Å². The molecule has 0 radical (unpaired) electrons. The van der Waals surface area contributed by atoms with Crippen molar-refractivity contribution in [3.05, 3.63) is 87.9 Å². The number of nitrogens with zero attached hydrogens (tertiary/aromatic N) is 3. The molecule has 0 unspecified atom stereocenters. The number of benzene rings is 3. The zero-order valence-corrected chi connectivity index (χ0v) is 18.5. The van der Waals surface area contributed by atoms with Crippen molar-refractivity contribution in [1.29, 1.82) is 0 Å². The summed E-state index contributed by atoms with van der Waals surface area (Å²) in [5.41, 5.74) is 6.67. The molecule has 3 aromatic rings. The van der Waals surface area contributed by atoms with Gasteiger partial charge in [-0.15, -0.1) is 0 Å². The van der Waals surface area contributed by atoms with Gasteiger partial charge in [-0.3, -0.25) is 9.91 Å². The van der Waals surface area contributed by atoms with Crippen LogP contribution in [0.1, 0.15) is 22.7 Å². The summed E-state index contributed by atoms with van der Waals surface area (Å²) in [5, 5.41) is 6.89. The first kappa shape index (κ1) is 19.3. The highest BCUT2D eigenvalue weighted by molar-refractivity contribution is 9.10. The minimum Gasteiger partial charge on any atom is -0.496 e. The molecule has 0 spiro atoms. The molecule has 1 saturated heterocycles. The van der Waals surface area contributed by atoms with Crippen LogP contribution in [0, 0.1) is 0 Å². The minimum absolute atomic E-state index is 0.348. The van der Waals surface area contributed by atoms with Crippen LogP contribution in [0.4, 0.5) is 0 Å². The monoisotopic (exact) mass is 461 g/mol. The highest BCUT2D eigenvalue weighted by Gasteiger charge is 2.33. The van der Waals surface area contributed by atoms with E-state index in [4.69, 9.17) is 9.84 Å². The molecule has 2 aliphatic rings. The Balaban J connectivity index is 1.29. The number of rotatable bonds is 4. The zero-order chi connectivity index (χ0) is 20.5. The lowest BCUT2D eigenvalue weighted by Gasteiger charge is -2.37. The molecule has 0 amide bonds. The van der Waals surface area contributed by atoms with Crippen molar-refractivity contribution in [2.45, 2.75) is 6.04 Å². The molecule has 3 aromatic carbocycles. The van der Waals surface area contributed by atoms with Crippen LogP contribution in [-0.2, 0) is 0 Å². The van der Waals surface area contributed by atoms with Gasteiger partial charge in [0, 0.05) is 26.2 Å². The lowest BCUT2D eigenvalue weighted by atomic mass is 10.0. The van der Waals surface area contributed by atoms with Gasteiger partial charge in [-0.25, -0.2) is 0 Å². The number of fused-ring (bicyclic) bond motifs is 3. The van der Waals surface area contributed by atoms with E-state index in [1.807, 2.05) is 24.4 Å². The molecule has 1 heterocycles. The number of hydrogen-bond acceptors (Lipinski definition) is 4. The third kappa shape index (κ3) is 3.53. The van der Waals surface area contributed by atoms with Crippen molar-refractivity contribution < 1.29 is 4.74 Å². The molecule has 0 saturated carbocycles. The van der Waals surface area contributed by atoms with Crippen LogP contribution in [-0.4, -0.2) is 49.4 Å². The van der Waals surface area contributed by atoms with Crippen molar-refractivity contribution in [3.8, 4) is 16.9 Å². The molecule has 152 valence electrons. The Morgan fingerprint density at radius 1 is 0.900 bits per heavy atom. The smallest absolute Gasteiger partial charge is 0.133 e. The van der Waals surface area contributed by atoms with Crippen LogP contribution in [0.25, 0.3) is 11.1 Å². The van der Waals surface area contributed by atoms with Crippen LogP contribution >= 0.6 is 15.9 Å². The van der Waals surface area contributed by atoms with Gasteiger partial charge in [-0.05, 0) is 61.9 Å². The normalized spacial score (nSPS) is 16.7. The summed E-state index contributed by atoms with van der Waals surface area (Å²) in [5.74, 6) is 0.831. The Hall–Kier alpha value is -2.63. The molecule has 1 fully saturated rings. The number of hydrazone groups is 1. The Morgan fingerprint density at radius 2 is 1.53 bits per heavy atom. The average molecular weight is 462 g/mol. The van der Waals surface area contributed by atoms with Gasteiger partial charge in [0.1, 0.15) is 5.75 Å². The maximum absolute atomic E-state index is 5.30. The van der Waals surface area contributed by atoms with Crippen molar-refractivity contribution >= 4 is 22.1 Å². The van der Waals surface area contributed by atoms with E-state index in [1.165, 1.54) is 22.3 Å². The van der Waals surface area contributed by atoms with Gasteiger partial charge in [0.15, 0.2) is 0 Å². The second kappa shape index (κ2) is 8.25. The summed E-state index contributed by atoms with van der Waals surface area (Å²) < 4.78 is 6.24. The third-order valence-electron chi connectivity index (χ3n) is 6.00. The Bertz CT molecular complexity index is 1040. The molecule has 4 nitrogen and oxygen atoms in total. The predicted octanol–water partition coefficient (Wildman–Crippen LogP) is 5.18. The summed E-state index contributed by atoms with van der Waals surface area (Å²) >= 11 is 3.54. The number of hydrogen-bond donors (Lipinski definition) is 0. The van der Waals surface area contributed by atoms with E-state index in [-0.39, 0.29) is 0 Å². The zero-order valence-electron chi connectivity index (χ0n) is 17.0. The standard InChI is InChI=1S/C25H24BrN3O/c1-30-24-11-10-18(16-23(24)26)17-27-29-14-12-28(13-15-29)25-21-8-4-2-6-19(21)20-7-3-5-9-22(20)25/h2-11,16-17,25H,12-15H2,1H3/b27-17+. The SMILES string of the molecule is COc1ccc(/C=N/N2CCN(C3c4ccccc4-c4ccccc43)CC2)cc1Br. The van der Waals surface area contributed by atoms with Crippen LogP contribution in [0.3, 0.4) is 0 Å². The van der Waals surface area contributed by atoms with Gasteiger partial charge in [0.05, 0.1) is 23.8 Å². The highest BCUT2D eigenvalue weighted by Crippen LogP contribution is 2.46. The molecule has 0 bridgehead atoms. The van der Waals surface area contributed by atoms with Crippen LogP contribution in [0.5, 0.6) is 5.75 Å². The van der Waals surface area contributed by atoms with Gasteiger partial charge in [0.25, 0.3) is 0 Å². The quantitative estimate of drug-likeness (QED) is 0.501.